The first-order valence-corrected chi connectivity index (χ1v) is 6.70. The van der Waals surface area contributed by atoms with E-state index in [0.717, 1.165) is 22.0 Å². The first-order chi connectivity index (χ1) is 10.2. The Morgan fingerprint density at radius 2 is 1.67 bits per heavy atom. The molecule has 0 saturated carbocycles. The summed E-state index contributed by atoms with van der Waals surface area (Å²) >= 11 is 0. The van der Waals surface area contributed by atoms with Gasteiger partial charge >= 0.3 is 6.03 Å². The summed E-state index contributed by atoms with van der Waals surface area (Å²) in [4.78, 5) is 16.2. The quantitative estimate of drug-likeness (QED) is 0.738. The first kappa shape index (κ1) is 13.1. The van der Waals surface area contributed by atoms with Crippen LogP contribution in [0.15, 0.2) is 60.8 Å². The molecule has 1 aromatic heterocycles. The van der Waals surface area contributed by atoms with Gasteiger partial charge in [0.2, 0.25) is 0 Å². The topological polar surface area (TPSA) is 54.0 Å². The second kappa shape index (κ2) is 5.63. The van der Waals surface area contributed by atoms with E-state index < -0.39 is 0 Å². The van der Waals surface area contributed by atoms with Crippen LogP contribution in [0, 0.1) is 6.92 Å². The van der Waals surface area contributed by atoms with Crippen molar-refractivity contribution in [2.75, 3.05) is 10.6 Å². The number of benzene rings is 2. The van der Waals surface area contributed by atoms with Crippen molar-refractivity contribution in [3.8, 4) is 0 Å². The Kier molecular flexibility index (Phi) is 3.51. The molecule has 0 aliphatic heterocycles. The Bertz CT molecular complexity index is 781. The third-order valence-corrected chi connectivity index (χ3v) is 3.18. The van der Waals surface area contributed by atoms with E-state index in [1.165, 1.54) is 0 Å². The number of aryl methyl sites for hydroxylation is 1. The Morgan fingerprint density at radius 1 is 0.952 bits per heavy atom. The highest BCUT2D eigenvalue weighted by molar-refractivity contribution is 6.00. The predicted octanol–water partition coefficient (Wildman–Crippen LogP) is 4.19. The maximum absolute atomic E-state index is 11.9. The number of pyridine rings is 1. The lowest BCUT2D eigenvalue weighted by molar-refractivity contribution is 0.262. The monoisotopic (exact) mass is 277 g/mol. The van der Waals surface area contributed by atoms with Gasteiger partial charge in [-0.1, -0.05) is 42.0 Å². The Balaban J connectivity index is 1.72. The normalized spacial score (nSPS) is 10.3. The average molecular weight is 277 g/mol. The maximum Gasteiger partial charge on any atom is 0.324 e. The van der Waals surface area contributed by atoms with Crippen LogP contribution in [0.3, 0.4) is 0 Å². The molecule has 2 amide bonds. The third kappa shape index (κ3) is 3.17. The standard InChI is InChI=1S/C17H15N3O/c1-12-6-8-15(9-7-12)19-17(21)20-16-10-13-4-2-3-5-14(13)11-18-16/h2-11H,1H3,(H2,18,19,20,21). The highest BCUT2D eigenvalue weighted by Crippen LogP contribution is 2.16. The van der Waals surface area contributed by atoms with Gasteiger partial charge in [0, 0.05) is 17.3 Å². The molecule has 104 valence electrons. The minimum atomic E-state index is -0.304. The number of fused-ring (bicyclic) bond motifs is 1. The summed E-state index contributed by atoms with van der Waals surface area (Å²) in [6.45, 7) is 2.00. The van der Waals surface area contributed by atoms with E-state index >= 15 is 0 Å². The number of urea groups is 1. The Hall–Kier alpha value is -2.88. The number of hydrogen-bond donors (Lipinski definition) is 2. The van der Waals surface area contributed by atoms with Crippen molar-refractivity contribution in [3.63, 3.8) is 0 Å². The van der Waals surface area contributed by atoms with Crippen molar-refractivity contribution in [2.45, 2.75) is 6.92 Å². The van der Waals surface area contributed by atoms with Crippen LogP contribution < -0.4 is 10.6 Å². The molecule has 0 spiro atoms. The second-order valence-electron chi connectivity index (χ2n) is 4.86. The summed E-state index contributed by atoms with van der Waals surface area (Å²) < 4.78 is 0. The summed E-state index contributed by atoms with van der Waals surface area (Å²) in [5, 5.41) is 7.60. The molecule has 4 heteroatoms. The van der Waals surface area contributed by atoms with Gasteiger partial charge in [0.25, 0.3) is 0 Å². The van der Waals surface area contributed by atoms with Crippen LogP contribution in [-0.4, -0.2) is 11.0 Å². The molecule has 0 saturated heterocycles. The number of rotatable bonds is 2. The molecule has 2 N–H and O–H groups in total. The van der Waals surface area contributed by atoms with Gasteiger partial charge in [-0.2, -0.15) is 0 Å². The molecular formula is C17H15N3O. The zero-order chi connectivity index (χ0) is 14.7. The number of nitrogens with one attached hydrogen (secondary N) is 2. The molecule has 0 fully saturated rings. The summed E-state index contributed by atoms with van der Waals surface area (Å²) in [7, 11) is 0. The molecule has 3 aromatic rings. The first-order valence-electron chi connectivity index (χ1n) is 6.70. The fourth-order valence-electron chi connectivity index (χ4n) is 2.07. The number of carbonyl (C=O) groups excluding carboxylic acids is 1. The van der Waals surface area contributed by atoms with Gasteiger partial charge in [-0.05, 0) is 30.5 Å². The molecule has 0 unspecified atom stereocenters. The number of aromatic nitrogens is 1. The average Bonchev–Trinajstić information content (AvgIpc) is 2.49. The van der Waals surface area contributed by atoms with E-state index in [1.54, 1.807) is 6.20 Å². The molecule has 0 bridgehead atoms. The van der Waals surface area contributed by atoms with Crippen molar-refractivity contribution < 1.29 is 4.79 Å². The highest BCUT2D eigenvalue weighted by Gasteiger charge is 2.04. The lowest BCUT2D eigenvalue weighted by Crippen LogP contribution is -2.19. The van der Waals surface area contributed by atoms with E-state index in [1.807, 2.05) is 61.5 Å². The summed E-state index contributed by atoms with van der Waals surface area (Å²) in [6.07, 6.45) is 1.75. The van der Waals surface area contributed by atoms with Crippen molar-refractivity contribution in [1.82, 2.24) is 4.98 Å². The van der Waals surface area contributed by atoms with Gasteiger partial charge in [0.1, 0.15) is 5.82 Å². The maximum atomic E-state index is 11.9. The fourth-order valence-corrected chi connectivity index (χ4v) is 2.07. The van der Waals surface area contributed by atoms with Gasteiger partial charge in [-0.15, -0.1) is 0 Å². The molecule has 0 aliphatic rings. The van der Waals surface area contributed by atoms with E-state index in [-0.39, 0.29) is 6.03 Å². The van der Waals surface area contributed by atoms with Crippen LogP contribution in [0.25, 0.3) is 10.8 Å². The molecule has 0 radical (unpaired) electrons. The van der Waals surface area contributed by atoms with Crippen LogP contribution in [-0.2, 0) is 0 Å². The van der Waals surface area contributed by atoms with E-state index in [2.05, 4.69) is 15.6 Å². The van der Waals surface area contributed by atoms with Gasteiger partial charge in [0.15, 0.2) is 0 Å². The van der Waals surface area contributed by atoms with Gasteiger partial charge in [0.05, 0.1) is 0 Å². The largest absolute Gasteiger partial charge is 0.324 e. The predicted molar refractivity (Wildman–Crippen MR) is 85.6 cm³/mol. The number of nitrogens with zero attached hydrogens (tertiary/aromatic N) is 1. The lowest BCUT2D eigenvalue weighted by Gasteiger charge is -2.08. The van der Waals surface area contributed by atoms with Crippen molar-refractivity contribution >= 4 is 28.3 Å². The molecule has 3 rings (SSSR count). The van der Waals surface area contributed by atoms with E-state index in [0.29, 0.717) is 5.82 Å². The van der Waals surface area contributed by atoms with Crippen molar-refractivity contribution in [3.05, 3.63) is 66.4 Å². The van der Waals surface area contributed by atoms with Crippen LogP contribution >= 0.6 is 0 Å². The van der Waals surface area contributed by atoms with Crippen molar-refractivity contribution in [1.29, 1.82) is 0 Å². The number of anilines is 2. The number of hydrogen-bond acceptors (Lipinski definition) is 2. The van der Waals surface area contributed by atoms with Crippen LogP contribution in [0.5, 0.6) is 0 Å². The highest BCUT2D eigenvalue weighted by atomic mass is 16.2. The summed E-state index contributed by atoms with van der Waals surface area (Å²) in [6, 6.07) is 17.1. The Labute approximate surface area is 122 Å². The zero-order valence-electron chi connectivity index (χ0n) is 11.6. The number of carbonyl (C=O) groups is 1. The van der Waals surface area contributed by atoms with Crippen LogP contribution in [0.1, 0.15) is 5.56 Å². The van der Waals surface area contributed by atoms with E-state index in [4.69, 9.17) is 0 Å². The molecular weight excluding hydrogens is 262 g/mol. The van der Waals surface area contributed by atoms with Crippen molar-refractivity contribution in [2.24, 2.45) is 0 Å². The summed E-state index contributed by atoms with van der Waals surface area (Å²) in [5.41, 5.74) is 1.90. The van der Waals surface area contributed by atoms with Crippen LogP contribution in [0.4, 0.5) is 16.3 Å². The smallest absolute Gasteiger partial charge is 0.308 e. The fraction of sp³-hybridized carbons (Fsp3) is 0.0588. The van der Waals surface area contributed by atoms with Gasteiger partial charge in [-0.3, -0.25) is 5.32 Å². The molecule has 2 aromatic carbocycles. The van der Waals surface area contributed by atoms with Crippen LogP contribution in [0.2, 0.25) is 0 Å². The molecule has 0 atom stereocenters. The molecule has 0 aliphatic carbocycles. The van der Waals surface area contributed by atoms with Gasteiger partial charge in [-0.25, -0.2) is 9.78 Å². The second-order valence-corrected chi connectivity index (χ2v) is 4.86. The summed E-state index contributed by atoms with van der Waals surface area (Å²) in [5.74, 6) is 0.526. The molecule has 4 nitrogen and oxygen atoms in total. The zero-order valence-corrected chi connectivity index (χ0v) is 11.6. The minimum Gasteiger partial charge on any atom is -0.308 e. The minimum absolute atomic E-state index is 0.304. The molecule has 1 heterocycles. The van der Waals surface area contributed by atoms with E-state index in [9.17, 15) is 4.79 Å². The van der Waals surface area contributed by atoms with Gasteiger partial charge < -0.3 is 5.32 Å². The third-order valence-electron chi connectivity index (χ3n) is 3.18. The molecule has 21 heavy (non-hydrogen) atoms. The Morgan fingerprint density at radius 3 is 2.43 bits per heavy atom. The SMILES string of the molecule is Cc1ccc(NC(=O)Nc2cc3ccccc3cn2)cc1. The lowest BCUT2D eigenvalue weighted by atomic mass is 10.2. The number of amides is 2.